The standard InChI is InChI=1S/C34H45F3N4O4S/c35-34(36,37)27-10-8-26(9-11-27)32(25-6-7-25)40-20-21-41(31(22-40)33(42)39-18-16-28(38)17-19-39)46(43,44)30-14-12-29(13-15-30)45-23-24-4-2-1-3-5-24/h8-15,24-25,28,31-32H,1-7,16-23,38H2/t31-,32-/m0/s1. The second-order valence-electron chi connectivity index (χ2n) is 13.5. The largest absolute Gasteiger partial charge is 0.493 e. The minimum atomic E-state index is -4.43. The third kappa shape index (κ3) is 7.55. The lowest BCUT2D eigenvalue weighted by Gasteiger charge is -2.45. The topological polar surface area (TPSA) is 96.2 Å². The van der Waals surface area contributed by atoms with Gasteiger partial charge < -0.3 is 15.4 Å². The number of piperidine rings is 1. The van der Waals surface area contributed by atoms with Gasteiger partial charge in [0.05, 0.1) is 17.1 Å². The van der Waals surface area contributed by atoms with Crippen molar-refractivity contribution < 1.29 is 31.1 Å². The van der Waals surface area contributed by atoms with E-state index in [9.17, 15) is 26.4 Å². The summed E-state index contributed by atoms with van der Waals surface area (Å²) in [6.45, 7) is 2.15. The van der Waals surface area contributed by atoms with E-state index >= 15 is 0 Å². The molecule has 2 aromatic rings. The number of benzene rings is 2. The van der Waals surface area contributed by atoms with Gasteiger partial charge in [0.2, 0.25) is 15.9 Å². The fraction of sp³-hybridized carbons (Fsp3) is 0.618. The number of nitrogens with zero attached hydrogens (tertiary/aromatic N) is 3. The van der Waals surface area contributed by atoms with Crippen molar-refractivity contribution in [2.75, 3.05) is 39.3 Å². The van der Waals surface area contributed by atoms with Gasteiger partial charge in [-0.25, -0.2) is 8.42 Å². The van der Waals surface area contributed by atoms with Crippen LogP contribution in [0.3, 0.4) is 0 Å². The molecule has 2 aliphatic heterocycles. The number of carbonyl (C=O) groups is 1. The highest BCUT2D eigenvalue weighted by molar-refractivity contribution is 7.89. The van der Waals surface area contributed by atoms with E-state index in [0.717, 1.165) is 43.4 Å². The number of rotatable bonds is 9. The van der Waals surface area contributed by atoms with Gasteiger partial charge in [0.15, 0.2) is 0 Å². The average Bonchev–Trinajstić information content (AvgIpc) is 3.90. The summed E-state index contributed by atoms with van der Waals surface area (Å²) in [5.41, 5.74) is 6.15. The molecule has 0 spiro atoms. The summed E-state index contributed by atoms with van der Waals surface area (Å²) in [7, 11) is -4.04. The van der Waals surface area contributed by atoms with Gasteiger partial charge in [-0.3, -0.25) is 9.69 Å². The summed E-state index contributed by atoms with van der Waals surface area (Å²) in [6.07, 6.45) is 4.73. The first-order valence-corrected chi connectivity index (χ1v) is 18.1. The van der Waals surface area contributed by atoms with E-state index in [1.165, 1.54) is 35.7 Å². The molecule has 0 bridgehead atoms. The number of carbonyl (C=O) groups excluding carboxylic acids is 1. The molecule has 2 saturated carbocycles. The molecule has 6 rings (SSSR count). The Bertz CT molecular complexity index is 1440. The zero-order valence-corrected chi connectivity index (χ0v) is 27.0. The molecule has 2 heterocycles. The Morgan fingerprint density at radius 1 is 0.870 bits per heavy atom. The van der Waals surface area contributed by atoms with Crippen molar-refractivity contribution in [1.29, 1.82) is 0 Å². The van der Waals surface area contributed by atoms with Crippen molar-refractivity contribution >= 4 is 15.9 Å². The Balaban J connectivity index is 1.22. The molecule has 0 aromatic heterocycles. The number of sulfonamides is 1. The zero-order valence-electron chi connectivity index (χ0n) is 26.2. The van der Waals surface area contributed by atoms with Gasteiger partial charge in [-0.15, -0.1) is 0 Å². The van der Waals surface area contributed by atoms with Crippen LogP contribution in [0, 0.1) is 11.8 Å². The fourth-order valence-corrected chi connectivity index (χ4v) is 8.90. The quantitative estimate of drug-likeness (QED) is 0.385. The van der Waals surface area contributed by atoms with Crippen LogP contribution in [0.25, 0.3) is 0 Å². The molecule has 2 aliphatic carbocycles. The molecule has 12 heteroatoms. The second-order valence-corrected chi connectivity index (χ2v) is 15.4. The monoisotopic (exact) mass is 662 g/mol. The molecular formula is C34H45F3N4O4S. The third-order valence-corrected chi connectivity index (χ3v) is 12.1. The van der Waals surface area contributed by atoms with E-state index in [1.807, 2.05) is 0 Å². The van der Waals surface area contributed by atoms with Crippen molar-refractivity contribution in [3.63, 3.8) is 0 Å². The van der Waals surface area contributed by atoms with E-state index < -0.39 is 27.8 Å². The lowest BCUT2D eigenvalue weighted by molar-refractivity contribution is -0.139. The SMILES string of the molecule is NC1CCN(C(=O)[C@@H]2CN([C@H](c3ccc(C(F)(F)F)cc3)C3CC3)CCN2S(=O)(=O)c2ccc(OCC3CCCCC3)cc2)CC1. The Morgan fingerprint density at radius 3 is 2.13 bits per heavy atom. The van der Waals surface area contributed by atoms with E-state index in [4.69, 9.17) is 10.5 Å². The first-order chi connectivity index (χ1) is 22.0. The zero-order chi connectivity index (χ0) is 32.5. The summed E-state index contributed by atoms with van der Waals surface area (Å²) in [6, 6.07) is 10.6. The van der Waals surface area contributed by atoms with Crippen LogP contribution in [0.15, 0.2) is 53.4 Å². The number of hydrogen-bond donors (Lipinski definition) is 1. The van der Waals surface area contributed by atoms with Crippen LogP contribution >= 0.6 is 0 Å². The van der Waals surface area contributed by atoms with Gasteiger partial charge in [-0.1, -0.05) is 31.4 Å². The number of halogens is 3. The molecular weight excluding hydrogens is 617 g/mol. The maximum absolute atomic E-state index is 14.1. The molecule has 4 aliphatic rings. The summed E-state index contributed by atoms with van der Waals surface area (Å²) in [5, 5.41) is 0. The molecule has 252 valence electrons. The van der Waals surface area contributed by atoms with Crippen LogP contribution < -0.4 is 10.5 Å². The highest BCUT2D eigenvalue weighted by atomic mass is 32.2. The molecule has 2 saturated heterocycles. The maximum atomic E-state index is 14.1. The van der Waals surface area contributed by atoms with Gasteiger partial charge in [0.1, 0.15) is 11.8 Å². The van der Waals surface area contributed by atoms with Gasteiger partial charge in [-0.2, -0.15) is 17.5 Å². The average molecular weight is 663 g/mol. The van der Waals surface area contributed by atoms with Crippen LogP contribution in [0.2, 0.25) is 0 Å². The molecule has 8 nitrogen and oxygen atoms in total. The molecule has 2 aromatic carbocycles. The second kappa shape index (κ2) is 13.8. The number of piperazine rings is 1. The van der Waals surface area contributed by atoms with Crippen LogP contribution in [0.4, 0.5) is 13.2 Å². The van der Waals surface area contributed by atoms with E-state index in [1.54, 1.807) is 29.2 Å². The molecule has 1 amide bonds. The van der Waals surface area contributed by atoms with Gasteiger partial charge in [0.25, 0.3) is 0 Å². The summed E-state index contributed by atoms with van der Waals surface area (Å²) < 4.78 is 75.5. The van der Waals surface area contributed by atoms with E-state index in [2.05, 4.69) is 4.90 Å². The van der Waals surface area contributed by atoms with Crippen LogP contribution in [-0.4, -0.2) is 79.8 Å². The van der Waals surface area contributed by atoms with Crippen molar-refractivity contribution in [1.82, 2.24) is 14.1 Å². The number of nitrogens with two attached hydrogens (primary N) is 1. The number of likely N-dealkylation sites (tertiary alicyclic amines) is 1. The number of alkyl halides is 3. The predicted molar refractivity (Wildman–Crippen MR) is 168 cm³/mol. The number of amides is 1. The number of ether oxygens (including phenoxy) is 1. The first-order valence-electron chi connectivity index (χ1n) is 16.7. The van der Waals surface area contributed by atoms with Crippen LogP contribution in [0.1, 0.15) is 75.0 Å². The Labute approximate surface area is 270 Å². The normalized spacial score (nSPS) is 23.7. The minimum absolute atomic E-state index is 0.00417. The molecule has 0 radical (unpaired) electrons. The predicted octanol–water partition coefficient (Wildman–Crippen LogP) is 5.44. The lowest BCUT2D eigenvalue weighted by Crippen LogP contribution is -2.62. The Hall–Kier alpha value is -2.67. The van der Waals surface area contributed by atoms with Gasteiger partial charge in [0, 0.05) is 44.8 Å². The minimum Gasteiger partial charge on any atom is -0.493 e. The summed E-state index contributed by atoms with van der Waals surface area (Å²) in [4.78, 5) is 18.0. The van der Waals surface area contributed by atoms with Crippen molar-refractivity contribution in [2.24, 2.45) is 17.6 Å². The Morgan fingerprint density at radius 2 is 1.52 bits per heavy atom. The molecule has 46 heavy (non-hydrogen) atoms. The highest BCUT2D eigenvalue weighted by Gasteiger charge is 2.46. The van der Waals surface area contributed by atoms with Crippen molar-refractivity contribution in [3.05, 3.63) is 59.7 Å². The molecule has 0 unspecified atom stereocenters. The van der Waals surface area contributed by atoms with Gasteiger partial charge >= 0.3 is 6.18 Å². The fourth-order valence-electron chi connectivity index (χ4n) is 7.33. The maximum Gasteiger partial charge on any atom is 0.416 e. The molecule has 4 fully saturated rings. The van der Waals surface area contributed by atoms with Gasteiger partial charge in [-0.05, 0) is 92.3 Å². The Kier molecular flexibility index (Phi) is 9.99. The van der Waals surface area contributed by atoms with E-state index in [-0.39, 0.29) is 41.9 Å². The smallest absolute Gasteiger partial charge is 0.416 e. The van der Waals surface area contributed by atoms with Crippen molar-refractivity contribution in [3.8, 4) is 5.75 Å². The third-order valence-electron chi connectivity index (χ3n) is 10.2. The summed E-state index contributed by atoms with van der Waals surface area (Å²) in [5.74, 6) is 1.13. The van der Waals surface area contributed by atoms with Crippen LogP contribution in [-0.2, 0) is 21.0 Å². The molecule has 2 N–H and O–H groups in total. The first kappa shape index (κ1) is 33.2. The van der Waals surface area contributed by atoms with E-state index in [0.29, 0.717) is 50.8 Å². The highest BCUT2D eigenvalue weighted by Crippen LogP contribution is 2.46. The van der Waals surface area contributed by atoms with Crippen LogP contribution in [0.5, 0.6) is 5.75 Å². The summed E-state index contributed by atoms with van der Waals surface area (Å²) >= 11 is 0. The molecule has 2 atom stereocenters. The number of hydrogen-bond acceptors (Lipinski definition) is 6. The van der Waals surface area contributed by atoms with Crippen molar-refractivity contribution in [2.45, 2.75) is 87.0 Å². The lowest BCUT2D eigenvalue weighted by atomic mass is 9.90.